The minimum atomic E-state index is -0.0964. The molecule has 2 aromatic heterocycles. The number of aryl methyl sites for hydroxylation is 1. The third-order valence-corrected chi connectivity index (χ3v) is 6.60. The highest BCUT2D eigenvalue weighted by molar-refractivity contribution is 7.19. The van der Waals surface area contributed by atoms with Crippen molar-refractivity contribution >= 4 is 33.0 Å². The Kier molecular flexibility index (Phi) is 5.08. The van der Waals surface area contributed by atoms with Gasteiger partial charge in [0.05, 0.1) is 5.39 Å². The highest BCUT2D eigenvalue weighted by Crippen LogP contribution is 2.35. The van der Waals surface area contributed by atoms with Crippen LogP contribution in [0.15, 0.2) is 41.3 Å². The van der Waals surface area contributed by atoms with Gasteiger partial charge in [0.1, 0.15) is 0 Å². The van der Waals surface area contributed by atoms with Gasteiger partial charge in [-0.1, -0.05) is 12.1 Å². The summed E-state index contributed by atoms with van der Waals surface area (Å²) in [6, 6.07) is 10.4. The molecule has 4 rings (SSSR count). The first-order valence-electron chi connectivity index (χ1n) is 9.66. The van der Waals surface area contributed by atoms with Gasteiger partial charge in [-0.2, -0.15) is 0 Å². The Hall–Kier alpha value is -2.44. The second-order valence-corrected chi connectivity index (χ2v) is 8.77. The molecule has 0 aliphatic carbocycles. The van der Waals surface area contributed by atoms with Gasteiger partial charge < -0.3 is 9.88 Å². The smallest absolute Gasteiger partial charge is 0.259 e. The number of pyridine rings is 1. The number of thiophene rings is 1. The first kappa shape index (κ1) is 18.9. The number of amides is 1. The Morgan fingerprint density at radius 3 is 2.86 bits per heavy atom. The van der Waals surface area contributed by atoms with Crippen molar-refractivity contribution in [3.63, 3.8) is 0 Å². The number of hydrogen-bond acceptors (Lipinski definition) is 4. The number of nitrogens with one attached hydrogen (secondary N) is 1. The number of likely N-dealkylation sites (tertiary alicyclic amines) is 1. The Labute approximate surface area is 168 Å². The van der Waals surface area contributed by atoms with Gasteiger partial charge in [0.25, 0.3) is 5.56 Å². The molecule has 1 aliphatic rings. The van der Waals surface area contributed by atoms with E-state index >= 15 is 0 Å². The Morgan fingerprint density at radius 1 is 1.32 bits per heavy atom. The van der Waals surface area contributed by atoms with E-state index in [0.717, 1.165) is 40.0 Å². The molecule has 28 heavy (non-hydrogen) atoms. The summed E-state index contributed by atoms with van der Waals surface area (Å²) in [5.41, 5.74) is 2.81. The summed E-state index contributed by atoms with van der Waals surface area (Å²) in [6.45, 7) is 5.80. The SMILES string of the molecule is CC(=O)Nc1cccc(-c2cn(C)c(=O)c3cc(CN4CCCC4C)sc23)c1. The average molecular weight is 396 g/mol. The molecule has 1 aromatic carbocycles. The van der Waals surface area contributed by atoms with E-state index in [4.69, 9.17) is 0 Å². The summed E-state index contributed by atoms with van der Waals surface area (Å²) in [6.07, 6.45) is 4.39. The molecule has 0 radical (unpaired) electrons. The number of carbonyl (C=O) groups is 1. The van der Waals surface area contributed by atoms with E-state index in [9.17, 15) is 9.59 Å². The molecule has 3 heterocycles. The summed E-state index contributed by atoms with van der Waals surface area (Å²) in [5, 5.41) is 3.61. The van der Waals surface area contributed by atoms with E-state index in [-0.39, 0.29) is 11.5 Å². The Balaban J connectivity index is 1.79. The summed E-state index contributed by atoms with van der Waals surface area (Å²) in [7, 11) is 1.79. The van der Waals surface area contributed by atoms with Crippen LogP contribution in [0.2, 0.25) is 0 Å². The minimum Gasteiger partial charge on any atom is -0.326 e. The lowest BCUT2D eigenvalue weighted by atomic mass is 10.1. The molecule has 1 atom stereocenters. The molecule has 1 N–H and O–H groups in total. The molecule has 1 saturated heterocycles. The Bertz CT molecular complexity index is 1100. The van der Waals surface area contributed by atoms with Crippen molar-refractivity contribution in [3.05, 3.63) is 51.8 Å². The van der Waals surface area contributed by atoms with E-state index in [2.05, 4.69) is 23.2 Å². The lowest BCUT2D eigenvalue weighted by Crippen LogP contribution is -2.25. The molecule has 0 bridgehead atoms. The van der Waals surface area contributed by atoms with Crippen LogP contribution < -0.4 is 10.9 Å². The van der Waals surface area contributed by atoms with Crippen LogP contribution in [0.5, 0.6) is 0 Å². The number of carbonyl (C=O) groups excluding carboxylic acids is 1. The van der Waals surface area contributed by atoms with Crippen molar-refractivity contribution < 1.29 is 4.79 Å². The molecular weight excluding hydrogens is 370 g/mol. The molecule has 0 spiro atoms. The van der Waals surface area contributed by atoms with Crippen LogP contribution in [0, 0.1) is 0 Å². The maximum absolute atomic E-state index is 12.7. The van der Waals surface area contributed by atoms with Gasteiger partial charge in [-0.05, 0) is 50.1 Å². The summed E-state index contributed by atoms with van der Waals surface area (Å²) < 4.78 is 2.67. The monoisotopic (exact) mass is 395 g/mol. The number of fused-ring (bicyclic) bond motifs is 1. The fourth-order valence-electron chi connectivity index (χ4n) is 3.98. The van der Waals surface area contributed by atoms with Gasteiger partial charge in [-0.3, -0.25) is 14.5 Å². The topological polar surface area (TPSA) is 54.3 Å². The quantitative estimate of drug-likeness (QED) is 0.720. The molecule has 3 aromatic rings. The van der Waals surface area contributed by atoms with Gasteiger partial charge in [-0.25, -0.2) is 0 Å². The number of anilines is 1. The van der Waals surface area contributed by atoms with Crippen molar-refractivity contribution in [1.29, 1.82) is 0 Å². The lowest BCUT2D eigenvalue weighted by molar-refractivity contribution is -0.114. The second-order valence-electron chi connectivity index (χ2n) is 7.64. The zero-order valence-electron chi connectivity index (χ0n) is 16.5. The highest BCUT2D eigenvalue weighted by Gasteiger charge is 2.22. The fraction of sp³-hybridized carbons (Fsp3) is 0.364. The molecular formula is C22H25N3O2S. The van der Waals surface area contributed by atoms with Crippen LogP contribution in [0.1, 0.15) is 31.6 Å². The van der Waals surface area contributed by atoms with Crippen molar-refractivity contribution in [1.82, 2.24) is 9.47 Å². The maximum Gasteiger partial charge on any atom is 0.259 e. The molecule has 1 fully saturated rings. The third-order valence-electron chi connectivity index (χ3n) is 5.44. The first-order chi connectivity index (χ1) is 13.4. The number of aromatic nitrogens is 1. The number of hydrogen-bond donors (Lipinski definition) is 1. The largest absolute Gasteiger partial charge is 0.326 e. The predicted octanol–water partition coefficient (Wildman–Crippen LogP) is 4.21. The molecule has 1 amide bonds. The average Bonchev–Trinajstić information content (AvgIpc) is 3.25. The standard InChI is InChI=1S/C22H25N3O2S/c1-14-6-5-9-25(14)12-18-11-19-21(28-18)20(13-24(3)22(19)27)16-7-4-8-17(10-16)23-15(2)26/h4,7-8,10-11,13-14H,5-6,9,12H2,1-3H3,(H,23,26). The van der Waals surface area contributed by atoms with Crippen molar-refractivity contribution in [2.24, 2.45) is 7.05 Å². The molecule has 1 aliphatic heterocycles. The predicted molar refractivity (Wildman–Crippen MR) is 116 cm³/mol. The van der Waals surface area contributed by atoms with Crippen molar-refractivity contribution in [2.75, 3.05) is 11.9 Å². The molecule has 5 nitrogen and oxygen atoms in total. The van der Waals surface area contributed by atoms with Gasteiger partial charge in [0.2, 0.25) is 5.91 Å². The van der Waals surface area contributed by atoms with Crippen LogP contribution in [0.4, 0.5) is 5.69 Å². The van der Waals surface area contributed by atoms with E-state index in [1.54, 1.807) is 23.0 Å². The van der Waals surface area contributed by atoms with Crippen LogP contribution in [0.3, 0.4) is 0 Å². The normalized spacial score (nSPS) is 17.3. The van der Waals surface area contributed by atoms with Crippen LogP contribution >= 0.6 is 11.3 Å². The zero-order valence-corrected chi connectivity index (χ0v) is 17.3. The first-order valence-corrected chi connectivity index (χ1v) is 10.5. The van der Waals surface area contributed by atoms with Crippen molar-refractivity contribution in [3.8, 4) is 11.1 Å². The van der Waals surface area contributed by atoms with Crippen LogP contribution in [-0.2, 0) is 18.4 Å². The van der Waals surface area contributed by atoms with Gasteiger partial charge in [0.15, 0.2) is 0 Å². The highest BCUT2D eigenvalue weighted by atomic mass is 32.1. The number of rotatable bonds is 4. The van der Waals surface area contributed by atoms with Crippen LogP contribution in [0.25, 0.3) is 21.2 Å². The lowest BCUT2D eigenvalue weighted by Gasteiger charge is -2.19. The molecule has 1 unspecified atom stereocenters. The Morgan fingerprint density at radius 2 is 2.14 bits per heavy atom. The van der Waals surface area contributed by atoms with Gasteiger partial charge in [-0.15, -0.1) is 11.3 Å². The van der Waals surface area contributed by atoms with Gasteiger partial charge >= 0.3 is 0 Å². The zero-order chi connectivity index (χ0) is 19.8. The number of nitrogens with zero attached hydrogens (tertiary/aromatic N) is 2. The summed E-state index contributed by atoms with van der Waals surface area (Å²) in [4.78, 5) is 27.9. The second kappa shape index (κ2) is 7.53. The van der Waals surface area contributed by atoms with E-state index < -0.39 is 0 Å². The maximum atomic E-state index is 12.7. The molecule has 0 saturated carbocycles. The third kappa shape index (κ3) is 3.62. The van der Waals surface area contributed by atoms with Crippen LogP contribution in [-0.4, -0.2) is 28.0 Å². The summed E-state index contributed by atoms with van der Waals surface area (Å²) in [5.74, 6) is -0.0964. The van der Waals surface area contributed by atoms with Crippen molar-refractivity contribution in [2.45, 2.75) is 39.3 Å². The number of benzene rings is 1. The molecule has 146 valence electrons. The molecule has 6 heteroatoms. The summed E-state index contributed by atoms with van der Waals surface area (Å²) >= 11 is 1.71. The van der Waals surface area contributed by atoms with E-state index in [1.807, 2.05) is 30.5 Å². The fourth-order valence-corrected chi connectivity index (χ4v) is 5.19. The van der Waals surface area contributed by atoms with E-state index in [0.29, 0.717) is 6.04 Å². The van der Waals surface area contributed by atoms with E-state index in [1.165, 1.54) is 24.6 Å². The van der Waals surface area contributed by atoms with Gasteiger partial charge in [0, 0.05) is 53.6 Å². The minimum absolute atomic E-state index is 0.0359.